The normalized spacial score (nSPS) is 26.2. The SMILES string of the molecule is CC1B(O)Oc2cnc3[nH]ccc3c2C1C1CC(NS(=O)(=O)c2ccc(F)cc2)C1. The highest BCUT2D eigenvalue weighted by atomic mass is 32.2. The number of rotatable bonds is 4. The molecule has 1 saturated carbocycles. The molecule has 0 saturated heterocycles. The average molecular weight is 429 g/mol. The summed E-state index contributed by atoms with van der Waals surface area (Å²) < 4.78 is 46.7. The van der Waals surface area contributed by atoms with Gasteiger partial charge in [-0.2, -0.15) is 0 Å². The fraction of sp³-hybridized carbons (Fsp3) is 0.350. The Labute approximate surface area is 173 Å². The molecule has 0 bridgehead atoms. The van der Waals surface area contributed by atoms with E-state index in [1.54, 1.807) is 6.20 Å². The lowest BCUT2D eigenvalue weighted by molar-refractivity contribution is 0.187. The van der Waals surface area contributed by atoms with Gasteiger partial charge in [0, 0.05) is 29.0 Å². The van der Waals surface area contributed by atoms with Crippen molar-refractivity contribution in [1.29, 1.82) is 0 Å². The van der Waals surface area contributed by atoms with Crippen molar-refractivity contribution >= 4 is 28.2 Å². The molecule has 1 aromatic carbocycles. The van der Waals surface area contributed by atoms with Gasteiger partial charge in [-0.1, -0.05) is 6.92 Å². The van der Waals surface area contributed by atoms with E-state index in [2.05, 4.69) is 14.7 Å². The van der Waals surface area contributed by atoms with Crippen molar-refractivity contribution in [2.75, 3.05) is 0 Å². The predicted molar refractivity (Wildman–Crippen MR) is 110 cm³/mol. The van der Waals surface area contributed by atoms with E-state index in [4.69, 9.17) is 4.65 Å². The smallest absolute Gasteiger partial charge is 0.526 e. The lowest BCUT2D eigenvalue weighted by Gasteiger charge is -2.45. The van der Waals surface area contributed by atoms with Crippen LogP contribution in [-0.4, -0.2) is 36.6 Å². The van der Waals surface area contributed by atoms with Crippen molar-refractivity contribution in [2.24, 2.45) is 5.92 Å². The van der Waals surface area contributed by atoms with Crippen molar-refractivity contribution in [3.8, 4) is 5.75 Å². The standard InChI is InChI=1S/C20H21BFN3O4S/c1-11-18(19-16-6-7-23-20(16)24-10-17(19)29-21(11)26)12-8-14(9-12)25-30(27,28)15-4-2-13(22)3-5-15/h2-7,10-12,14,18,25-26H,8-9H2,1H3,(H,23,24). The van der Waals surface area contributed by atoms with Gasteiger partial charge in [-0.05, 0) is 55.0 Å². The van der Waals surface area contributed by atoms with Gasteiger partial charge >= 0.3 is 7.12 Å². The summed E-state index contributed by atoms with van der Waals surface area (Å²) in [6.45, 7) is 1.95. The first-order chi connectivity index (χ1) is 14.3. The van der Waals surface area contributed by atoms with E-state index in [9.17, 15) is 17.8 Å². The number of sulfonamides is 1. The lowest BCUT2D eigenvalue weighted by atomic mass is 9.54. The van der Waals surface area contributed by atoms with Crippen LogP contribution in [0, 0.1) is 11.7 Å². The van der Waals surface area contributed by atoms with E-state index >= 15 is 0 Å². The molecule has 0 spiro atoms. The molecular weight excluding hydrogens is 408 g/mol. The summed E-state index contributed by atoms with van der Waals surface area (Å²) in [7, 11) is -4.64. The van der Waals surface area contributed by atoms with E-state index in [0.717, 1.165) is 28.7 Å². The van der Waals surface area contributed by atoms with E-state index in [1.807, 2.05) is 19.2 Å². The van der Waals surface area contributed by atoms with Gasteiger partial charge in [-0.3, -0.25) is 0 Å². The first-order valence-corrected chi connectivity index (χ1v) is 11.4. The highest BCUT2D eigenvalue weighted by Gasteiger charge is 2.48. The Morgan fingerprint density at radius 1 is 1.27 bits per heavy atom. The van der Waals surface area contributed by atoms with Crippen LogP contribution in [0.4, 0.5) is 4.39 Å². The number of hydrogen-bond donors (Lipinski definition) is 3. The first kappa shape index (κ1) is 19.5. The van der Waals surface area contributed by atoms with Crippen LogP contribution in [0.3, 0.4) is 0 Å². The molecule has 1 aliphatic carbocycles. The van der Waals surface area contributed by atoms with Gasteiger partial charge in [0.2, 0.25) is 10.0 Å². The molecule has 3 N–H and O–H groups in total. The summed E-state index contributed by atoms with van der Waals surface area (Å²) in [4.78, 5) is 7.50. The predicted octanol–water partition coefficient (Wildman–Crippen LogP) is 2.81. The lowest BCUT2D eigenvalue weighted by Crippen LogP contribution is -2.48. The van der Waals surface area contributed by atoms with Crippen LogP contribution in [0.5, 0.6) is 5.75 Å². The Bertz CT molecular complexity index is 1190. The van der Waals surface area contributed by atoms with Crippen molar-refractivity contribution in [2.45, 2.75) is 42.4 Å². The molecule has 3 aromatic rings. The van der Waals surface area contributed by atoms with Crippen molar-refractivity contribution < 1.29 is 22.5 Å². The molecular formula is C20H21BFN3O4S. The highest BCUT2D eigenvalue weighted by Crippen LogP contribution is 2.53. The van der Waals surface area contributed by atoms with Gasteiger partial charge in [0.15, 0.2) is 0 Å². The van der Waals surface area contributed by atoms with E-state index < -0.39 is 23.0 Å². The van der Waals surface area contributed by atoms with E-state index in [0.29, 0.717) is 18.6 Å². The molecule has 2 unspecified atom stereocenters. The Balaban J connectivity index is 1.37. The van der Waals surface area contributed by atoms with Crippen LogP contribution < -0.4 is 9.38 Å². The number of aromatic amines is 1. The minimum absolute atomic E-state index is 0.0247. The molecule has 7 nitrogen and oxygen atoms in total. The molecule has 30 heavy (non-hydrogen) atoms. The van der Waals surface area contributed by atoms with Crippen LogP contribution in [0.25, 0.3) is 11.0 Å². The Morgan fingerprint density at radius 3 is 2.73 bits per heavy atom. The number of pyridine rings is 1. The fourth-order valence-electron chi connectivity index (χ4n) is 4.74. The molecule has 2 aliphatic rings. The van der Waals surface area contributed by atoms with E-state index in [1.165, 1.54) is 12.1 Å². The number of hydrogen-bond acceptors (Lipinski definition) is 5. The van der Waals surface area contributed by atoms with Crippen molar-refractivity contribution in [3.63, 3.8) is 0 Å². The fourth-order valence-corrected chi connectivity index (χ4v) is 6.00. The first-order valence-electron chi connectivity index (χ1n) is 9.92. The maximum absolute atomic E-state index is 13.1. The van der Waals surface area contributed by atoms with Gasteiger partial charge in [0.25, 0.3) is 0 Å². The number of nitrogens with one attached hydrogen (secondary N) is 2. The third kappa shape index (κ3) is 3.19. The summed E-state index contributed by atoms with van der Waals surface area (Å²) in [5.41, 5.74) is 1.78. The second kappa shape index (κ2) is 7.07. The number of halogens is 1. The zero-order chi connectivity index (χ0) is 21.0. The number of H-pyrrole nitrogens is 1. The summed E-state index contributed by atoms with van der Waals surface area (Å²) >= 11 is 0. The van der Waals surface area contributed by atoms with Crippen LogP contribution in [0.15, 0.2) is 47.6 Å². The number of nitrogens with zero attached hydrogens (tertiary/aromatic N) is 1. The van der Waals surface area contributed by atoms with Crippen LogP contribution >= 0.6 is 0 Å². The molecule has 2 atom stereocenters. The topological polar surface area (TPSA) is 104 Å². The Hall–Kier alpha value is -2.43. The van der Waals surface area contributed by atoms with Crippen LogP contribution in [0.2, 0.25) is 5.82 Å². The number of benzene rings is 1. The minimum Gasteiger partial charge on any atom is -0.535 e. The molecule has 5 rings (SSSR count). The average Bonchev–Trinajstić information content (AvgIpc) is 3.15. The summed E-state index contributed by atoms with van der Waals surface area (Å²) in [6.07, 6.45) is 4.75. The number of fused-ring (bicyclic) bond motifs is 3. The molecule has 2 aromatic heterocycles. The van der Waals surface area contributed by atoms with Crippen molar-refractivity contribution in [1.82, 2.24) is 14.7 Å². The zero-order valence-corrected chi connectivity index (χ0v) is 17.1. The zero-order valence-electron chi connectivity index (χ0n) is 16.2. The molecule has 10 heteroatoms. The van der Waals surface area contributed by atoms with Gasteiger partial charge in [-0.15, -0.1) is 0 Å². The molecule has 156 valence electrons. The second-order valence-corrected chi connectivity index (χ2v) is 9.89. The van der Waals surface area contributed by atoms with Gasteiger partial charge < -0.3 is 14.7 Å². The van der Waals surface area contributed by atoms with E-state index in [-0.39, 0.29) is 28.6 Å². The Kier molecular flexibility index (Phi) is 4.61. The third-order valence-corrected chi connectivity index (χ3v) is 7.85. The van der Waals surface area contributed by atoms with Gasteiger partial charge in [0.05, 0.1) is 11.1 Å². The van der Waals surface area contributed by atoms with Gasteiger partial charge in [0.1, 0.15) is 17.2 Å². The molecule has 0 radical (unpaired) electrons. The number of aromatic nitrogens is 2. The maximum atomic E-state index is 13.1. The second-order valence-electron chi connectivity index (χ2n) is 8.17. The monoisotopic (exact) mass is 429 g/mol. The third-order valence-electron chi connectivity index (χ3n) is 6.32. The molecule has 3 heterocycles. The molecule has 1 fully saturated rings. The van der Waals surface area contributed by atoms with Crippen LogP contribution in [0.1, 0.15) is 31.2 Å². The summed E-state index contributed by atoms with van der Waals surface area (Å²) in [5.74, 6) is 0.176. The Morgan fingerprint density at radius 2 is 2.00 bits per heavy atom. The van der Waals surface area contributed by atoms with Gasteiger partial charge in [-0.25, -0.2) is 22.5 Å². The summed E-state index contributed by atoms with van der Waals surface area (Å²) in [5, 5.41) is 11.4. The van der Waals surface area contributed by atoms with Crippen LogP contribution in [-0.2, 0) is 10.0 Å². The highest BCUT2D eigenvalue weighted by molar-refractivity contribution is 7.89. The molecule has 0 amide bonds. The largest absolute Gasteiger partial charge is 0.535 e. The minimum atomic E-state index is -3.71. The van der Waals surface area contributed by atoms with Crippen molar-refractivity contribution in [3.05, 3.63) is 54.1 Å². The quantitative estimate of drug-likeness (QED) is 0.554. The molecule has 1 aliphatic heterocycles. The summed E-state index contributed by atoms with van der Waals surface area (Å²) in [6, 6.07) is 6.54. The maximum Gasteiger partial charge on any atom is 0.526 e.